The second-order valence-electron chi connectivity index (χ2n) is 6.34. The molecule has 0 saturated carbocycles. The molecule has 138 valence electrons. The highest BCUT2D eigenvalue weighted by molar-refractivity contribution is 6.34. The van der Waals surface area contributed by atoms with Crippen LogP contribution in [-0.2, 0) is 11.2 Å². The maximum absolute atomic E-state index is 12.6. The summed E-state index contributed by atoms with van der Waals surface area (Å²) in [5.74, 6) is -0.912. The lowest BCUT2D eigenvalue weighted by Crippen LogP contribution is -2.29. The summed E-state index contributed by atoms with van der Waals surface area (Å²) in [5.41, 5.74) is 2.57. The average molecular weight is 372 g/mol. The number of rotatable bonds is 5. The standard InChI is InChI=1S/C21H16N4O3/c26-19(9-8-14-11-22-13-23-12-14)24-15-4-3-5-16(10-15)25-20(27)17-6-1-2-7-18(17)21(25)28/h1-7,10-13H,8-9H2,(H,24,26). The first-order valence-corrected chi connectivity index (χ1v) is 8.75. The van der Waals surface area contributed by atoms with Crippen molar-refractivity contribution in [2.75, 3.05) is 10.2 Å². The summed E-state index contributed by atoms with van der Waals surface area (Å²) in [7, 11) is 0. The molecule has 1 aliphatic rings. The highest BCUT2D eigenvalue weighted by Gasteiger charge is 2.36. The normalized spacial score (nSPS) is 12.8. The summed E-state index contributed by atoms with van der Waals surface area (Å²) < 4.78 is 0. The van der Waals surface area contributed by atoms with Gasteiger partial charge in [-0.05, 0) is 42.3 Å². The molecular formula is C21H16N4O3. The van der Waals surface area contributed by atoms with Crippen LogP contribution in [0, 0.1) is 0 Å². The molecule has 0 fully saturated rings. The van der Waals surface area contributed by atoms with Crippen molar-refractivity contribution in [2.24, 2.45) is 0 Å². The average Bonchev–Trinajstić information content (AvgIpc) is 2.98. The van der Waals surface area contributed by atoms with Gasteiger partial charge in [0.2, 0.25) is 5.91 Å². The fraction of sp³-hybridized carbons (Fsp3) is 0.0952. The Morgan fingerprint density at radius 3 is 2.29 bits per heavy atom. The predicted molar refractivity (Wildman–Crippen MR) is 103 cm³/mol. The van der Waals surface area contributed by atoms with E-state index < -0.39 is 0 Å². The molecule has 0 unspecified atom stereocenters. The van der Waals surface area contributed by atoms with Crippen LogP contribution in [0.2, 0.25) is 0 Å². The van der Waals surface area contributed by atoms with Gasteiger partial charge in [0, 0.05) is 24.5 Å². The minimum Gasteiger partial charge on any atom is -0.326 e. The first kappa shape index (κ1) is 17.5. The molecule has 3 aromatic rings. The van der Waals surface area contributed by atoms with Gasteiger partial charge in [-0.1, -0.05) is 18.2 Å². The molecule has 28 heavy (non-hydrogen) atoms. The smallest absolute Gasteiger partial charge is 0.266 e. The van der Waals surface area contributed by atoms with Crippen LogP contribution in [0.5, 0.6) is 0 Å². The third-order valence-electron chi connectivity index (χ3n) is 4.44. The topological polar surface area (TPSA) is 92.3 Å². The maximum atomic E-state index is 12.6. The van der Waals surface area contributed by atoms with Crippen LogP contribution in [0.4, 0.5) is 11.4 Å². The van der Waals surface area contributed by atoms with E-state index >= 15 is 0 Å². The minimum atomic E-state index is -0.367. The van der Waals surface area contributed by atoms with Crippen molar-refractivity contribution >= 4 is 29.1 Å². The molecule has 0 radical (unpaired) electrons. The first-order chi connectivity index (χ1) is 13.6. The molecule has 1 aliphatic heterocycles. The first-order valence-electron chi connectivity index (χ1n) is 8.75. The van der Waals surface area contributed by atoms with Gasteiger partial charge >= 0.3 is 0 Å². The Labute approximate surface area is 161 Å². The van der Waals surface area contributed by atoms with E-state index in [4.69, 9.17) is 0 Å². The number of nitrogens with one attached hydrogen (secondary N) is 1. The van der Waals surface area contributed by atoms with Crippen LogP contribution >= 0.6 is 0 Å². The van der Waals surface area contributed by atoms with Crippen LogP contribution < -0.4 is 10.2 Å². The number of benzene rings is 2. The van der Waals surface area contributed by atoms with Crippen molar-refractivity contribution in [3.8, 4) is 0 Å². The van der Waals surface area contributed by atoms with Gasteiger partial charge in [-0.3, -0.25) is 14.4 Å². The van der Waals surface area contributed by atoms with Crippen molar-refractivity contribution < 1.29 is 14.4 Å². The molecule has 0 bridgehead atoms. The van der Waals surface area contributed by atoms with E-state index in [-0.39, 0.29) is 24.1 Å². The number of hydrogen-bond donors (Lipinski definition) is 1. The van der Waals surface area contributed by atoms with Crippen molar-refractivity contribution in [1.82, 2.24) is 9.97 Å². The van der Waals surface area contributed by atoms with Gasteiger partial charge in [0.15, 0.2) is 0 Å². The minimum absolute atomic E-state index is 0.177. The summed E-state index contributed by atoms with van der Waals surface area (Å²) in [6.45, 7) is 0. The number of imide groups is 1. The summed E-state index contributed by atoms with van der Waals surface area (Å²) in [6.07, 6.45) is 5.57. The van der Waals surface area contributed by atoms with Gasteiger partial charge in [-0.2, -0.15) is 0 Å². The number of nitrogens with zero attached hydrogens (tertiary/aromatic N) is 3. The van der Waals surface area contributed by atoms with Gasteiger partial charge in [0.25, 0.3) is 11.8 Å². The second-order valence-corrected chi connectivity index (χ2v) is 6.34. The highest BCUT2D eigenvalue weighted by atomic mass is 16.2. The molecule has 2 heterocycles. The van der Waals surface area contributed by atoms with Crippen LogP contribution in [0.15, 0.2) is 67.3 Å². The highest BCUT2D eigenvalue weighted by Crippen LogP contribution is 2.29. The lowest BCUT2D eigenvalue weighted by molar-refractivity contribution is -0.116. The van der Waals surface area contributed by atoms with Gasteiger partial charge < -0.3 is 5.32 Å². The van der Waals surface area contributed by atoms with E-state index in [0.29, 0.717) is 28.9 Å². The largest absolute Gasteiger partial charge is 0.326 e. The molecule has 0 saturated heterocycles. The molecule has 2 aromatic carbocycles. The van der Waals surface area contributed by atoms with E-state index in [1.54, 1.807) is 60.9 Å². The molecule has 7 nitrogen and oxygen atoms in total. The van der Waals surface area contributed by atoms with E-state index in [9.17, 15) is 14.4 Å². The number of aryl methyl sites for hydroxylation is 1. The number of anilines is 2. The lowest BCUT2D eigenvalue weighted by Gasteiger charge is -2.15. The summed E-state index contributed by atoms with van der Waals surface area (Å²) in [5, 5.41) is 2.80. The molecular weight excluding hydrogens is 356 g/mol. The zero-order valence-electron chi connectivity index (χ0n) is 14.8. The molecule has 0 atom stereocenters. The van der Waals surface area contributed by atoms with Gasteiger partial charge in [0.1, 0.15) is 6.33 Å². The van der Waals surface area contributed by atoms with Gasteiger partial charge in [0.05, 0.1) is 16.8 Å². The van der Waals surface area contributed by atoms with Crippen molar-refractivity contribution in [1.29, 1.82) is 0 Å². The zero-order chi connectivity index (χ0) is 19.5. The van der Waals surface area contributed by atoms with E-state index in [2.05, 4.69) is 15.3 Å². The summed E-state index contributed by atoms with van der Waals surface area (Å²) in [6, 6.07) is 13.4. The molecule has 1 N–H and O–H groups in total. The van der Waals surface area contributed by atoms with Gasteiger partial charge in [-0.15, -0.1) is 0 Å². The third-order valence-corrected chi connectivity index (χ3v) is 4.44. The van der Waals surface area contributed by atoms with Crippen LogP contribution in [0.25, 0.3) is 0 Å². The number of fused-ring (bicyclic) bond motifs is 1. The molecule has 1 aromatic heterocycles. The van der Waals surface area contributed by atoms with E-state index in [1.807, 2.05) is 0 Å². The Bertz CT molecular complexity index is 1030. The lowest BCUT2D eigenvalue weighted by atomic mass is 10.1. The Morgan fingerprint density at radius 1 is 0.929 bits per heavy atom. The fourth-order valence-electron chi connectivity index (χ4n) is 3.09. The Kier molecular flexibility index (Phi) is 4.63. The maximum Gasteiger partial charge on any atom is 0.266 e. The van der Waals surface area contributed by atoms with E-state index in [0.717, 1.165) is 10.5 Å². The fourth-order valence-corrected chi connectivity index (χ4v) is 3.09. The molecule has 7 heteroatoms. The van der Waals surface area contributed by atoms with Crippen molar-refractivity contribution in [3.05, 3.63) is 83.9 Å². The SMILES string of the molecule is O=C(CCc1cncnc1)Nc1cccc(N2C(=O)c3ccccc3C2=O)c1. The van der Waals surface area contributed by atoms with Crippen LogP contribution in [-0.4, -0.2) is 27.7 Å². The predicted octanol–water partition coefficient (Wildman–Crippen LogP) is 2.85. The Morgan fingerprint density at radius 2 is 1.61 bits per heavy atom. The van der Waals surface area contributed by atoms with Gasteiger partial charge in [-0.25, -0.2) is 14.9 Å². The monoisotopic (exact) mass is 372 g/mol. The number of aromatic nitrogens is 2. The Hall–Kier alpha value is -3.87. The molecule has 0 aliphatic carbocycles. The molecule has 3 amide bonds. The second kappa shape index (κ2) is 7.40. The number of amides is 3. The van der Waals surface area contributed by atoms with Crippen molar-refractivity contribution in [2.45, 2.75) is 12.8 Å². The molecule has 4 rings (SSSR count). The summed E-state index contributed by atoms with van der Waals surface area (Å²) in [4.78, 5) is 46.4. The van der Waals surface area contributed by atoms with Crippen LogP contribution in [0.1, 0.15) is 32.7 Å². The zero-order valence-corrected chi connectivity index (χ0v) is 14.8. The van der Waals surface area contributed by atoms with Crippen LogP contribution in [0.3, 0.4) is 0 Å². The number of hydrogen-bond acceptors (Lipinski definition) is 5. The number of carbonyl (C=O) groups excluding carboxylic acids is 3. The van der Waals surface area contributed by atoms with E-state index in [1.165, 1.54) is 6.33 Å². The quantitative estimate of drug-likeness (QED) is 0.695. The molecule has 0 spiro atoms. The third kappa shape index (κ3) is 3.37. The Balaban J connectivity index is 1.47. The summed E-state index contributed by atoms with van der Waals surface area (Å²) >= 11 is 0. The van der Waals surface area contributed by atoms with Crippen molar-refractivity contribution in [3.63, 3.8) is 0 Å². The number of carbonyl (C=O) groups is 3.